The molecule has 0 aromatic heterocycles. The van der Waals surface area contributed by atoms with Crippen LogP contribution in [-0.2, 0) is 0 Å². The quantitative estimate of drug-likeness (QED) is 0.610. The predicted octanol–water partition coefficient (Wildman–Crippen LogP) is 1.04. The molecule has 0 amide bonds. The van der Waals surface area contributed by atoms with Crippen molar-refractivity contribution in [3.63, 3.8) is 0 Å². The van der Waals surface area contributed by atoms with E-state index in [0.29, 0.717) is 5.92 Å². The molecule has 2 rings (SSSR count). The second-order valence-corrected chi connectivity index (χ2v) is 5.62. The molecule has 1 heterocycles. The van der Waals surface area contributed by atoms with Crippen LogP contribution in [0.4, 0.5) is 0 Å². The molecule has 15 heavy (non-hydrogen) atoms. The fraction of sp³-hybridized carbons (Fsp3) is 1.00. The van der Waals surface area contributed by atoms with Crippen LogP contribution in [0.1, 0.15) is 45.4 Å². The Morgan fingerprint density at radius 3 is 2.07 bits per heavy atom. The molecule has 0 spiro atoms. The lowest BCUT2D eigenvalue weighted by Crippen LogP contribution is -2.49. The van der Waals surface area contributed by atoms with E-state index < -0.39 is 11.2 Å². The van der Waals surface area contributed by atoms with E-state index in [1.165, 1.54) is 0 Å². The second-order valence-electron chi connectivity index (χ2n) is 5.62. The van der Waals surface area contributed by atoms with Crippen LogP contribution in [0.15, 0.2) is 0 Å². The smallest absolute Gasteiger partial charge is 0.0700 e. The maximum absolute atomic E-state index is 10.5. The molecule has 0 aromatic rings. The molecule has 2 aliphatic rings. The highest BCUT2D eigenvalue weighted by atomic mass is 16.3. The van der Waals surface area contributed by atoms with E-state index in [1.54, 1.807) is 0 Å². The molecular formula is C12H23NO2. The summed E-state index contributed by atoms with van der Waals surface area (Å²) in [5.41, 5.74) is -0.943. The van der Waals surface area contributed by atoms with Crippen molar-refractivity contribution in [1.29, 1.82) is 0 Å². The summed E-state index contributed by atoms with van der Waals surface area (Å²) in [6, 6.07) is 0. The fourth-order valence-corrected chi connectivity index (χ4v) is 3.04. The number of hydrogen-bond acceptors (Lipinski definition) is 3. The average Bonchev–Trinajstić information content (AvgIpc) is 2.18. The minimum atomic E-state index is -0.486. The van der Waals surface area contributed by atoms with E-state index in [0.717, 1.165) is 51.6 Å². The third kappa shape index (κ3) is 2.52. The van der Waals surface area contributed by atoms with Crippen molar-refractivity contribution in [3.05, 3.63) is 0 Å². The summed E-state index contributed by atoms with van der Waals surface area (Å²) in [6.07, 6.45) is 5.38. The van der Waals surface area contributed by atoms with Crippen molar-refractivity contribution in [2.45, 2.75) is 56.7 Å². The van der Waals surface area contributed by atoms with Crippen molar-refractivity contribution in [1.82, 2.24) is 5.32 Å². The van der Waals surface area contributed by atoms with Gasteiger partial charge in [0.15, 0.2) is 0 Å². The Kier molecular flexibility index (Phi) is 3.06. The first-order valence-electron chi connectivity index (χ1n) is 6.17. The zero-order valence-corrected chi connectivity index (χ0v) is 9.63. The van der Waals surface area contributed by atoms with E-state index in [4.69, 9.17) is 0 Å². The maximum Gasteiger partial charge on any atom is 0.0700 e. The fourth-order valence-electron chi connectivity index (χ4n) is 3.04. The van der Waals surface area contributed by atoms with Gasteiger partial charge in [0, 0.05) is 0 Å². The summed E-state index contributed by atoms with van der Waals surface area (Å²) in [5.74, 6) is 0.403. The van der Waals surface area contributed by atoms with Gasteiger partial charge in [-0.05, 0) is 64.5 Å². The van der Waals surface area contributed by atoms with Gasteiger partial charge >= 0.3 is 0 Å². The van der Waals surface area contributed by atoms with Gasteiger partial charge < -0.3 is 15.5 Å². The maximum atomic E-state index is 10.5. The molecular weight excluding hydrogens is 190 g/mol. The molecule has 0 radical (unpaired) electrons. The van der Waals surface area contributed by atoms with E-state index in [-0.39, 0.29) is 0 Å². The Bertz CT molecular complexity index is 212. The molecule has 0 bridgehead atoms. The molecule has 1 saturated carbocycles. The molecule has 0 atom stereocenters. The standard InChI is InChI=1S/C12H23NO2/c1-11(14)4-2-10(3-5-11)12(15)6-8-13-9-7-12/h10,13-15H,2-9H2,1H3. The highest BCUT2D eigenvalue weighted by molar-refractivity contribution is 4.95. The number of aliphatic hydroxyl groups is 2. The number of piperidine rings is 1. The molecule has 88 valence electrons. The Morgan fingerprint density at radius 2 is 1.53 bits per heavy atom. The van der Waals surface area contributed by atoms with Gasteiger partial charge in [0.25, 0.3) is 0 Å². The minimum absolute atomic E-state index is 0.403. The minimum Gasteiger partial charge on any atom is -0.390 e. The van der Waals surface area contributed by atoms with Crippen LogP contribution >= 0.6 is 0 Å². The van der Waals surface area contributed by atoms with Crippen LogP contribution in [0.5, 0.6) is 0 Å². The van der Waals surface area contributed by atoms with E-state index in [2.05, 4.69) is 5.32 Å². The van der Waals surface area contributed by atoms with Crippen LogP contribution in [0.3, 0.4) is 0 Å². The Hall–Kier alpha value is -0.120. The van der Waals surface area contributed by atoms with Gasteiger partial charge in [0.2, 0.25) is 0 Å². The highest BCUT2D eigenvalue weighted by Crippen LogP contribution is 2.40. The van der Waals surface area contributed by atoms with Crippen molar-refractivity contribution >= 4 is 0 Å². The Balaban J connectivity index is 1.94. The highest BCUT2D eigenvalue weighted by Gasteiger charge is 2.41. The summed E-state index contributed by atoms with van der Waals surface area (Å²) in [6.45, 7) is 3.78. The first-order chi connectivity index (χ1) is 7.02. The molecule has 1 aliphatic heterocycles. The van der Waals surface area contributed by atoms with Gasteiger partial charge in [0.05, 0.1) is 11.2 Å². The molecule has 1 saturated heterocycles. The Morgan fingerprint density at radius 1 is 1.00 bits per heavy atom. The van der Waals surface area contributed by atoms with Gasteiger partial charge in [0.1, 0.15) is 0 Å². The monoisotopic (exact) mass is 213 g/mol. The van der Waals surface area contributed by atoms with E-state index in [1.807, 2.05) is 6.92 Å². The normalized spacial score (nSPS) is 41.4. The average molecular weight is 213 g/mol. The lowest BCUT2D eigenvalue weighted by molar-refractivity contribution is -0.0847. The zero-order chi connectivity index (χ0) is 10.9. The summed E-state index contributed by atoms with van der Waals surface area (Å²) in [4.78, 5) is 0. The van der Waals surface area contributed by atoms with E-state index in [9.17, 15) is 10.2 Å². The van der Waals surface area contributed by atoms with Crippen LogP contribution in [0.25, 0.3) is 0 Å². The number of nitrogens with one attached hydrogen (secondary N) is 1. The van der Waals surface area contributed by atoms with Gasteiger partial charge in [-0.2, -0.15) is 0 Å². The molecule has 1 aliphatic carbocycles. The lowest BCUT2D eigenvalue weighted by atomic mass is 9.69. The molecule has 3 nitrogen and oxygen atoms in total. The zero-order valence-electron chi connectivity index (χ0n) is 9.63. The molecule has 2 fully saturated rings. The van der Waals surface area contributed by atoms with Crippen molar-refractivity contribution in [3.8, 4) is 0 Å². The van der Waals surface area contributed by atoms with Gasteiger partial charge in [-0.3, -0.25) is 0 Å². The summed E-state index contributed by atoms with van der Waals surface area (Å²) < 4.78 is 0. The van der Waals surface area contributed by atoms with Crippen LogP contribution < -0.4 is 5.32 Å². The third-order valence-corrected chi connectivity index (χ3v) is 4.29. The van der Waals surface area contributed by atoms with Gasteiger partial charge in [-0.1, -0.05) is 0 Å². The van der Waals surface area contributed by atoms with E-state index >= 15 is 0 Å². The molecule has 3 N–H and O–H groups in total. The van der Waals surface area contributed by atoms with Crippen molar-refractivity contribution in [2.24, 2.45) is 5.92 Å². The first kappa shape index (κ1) is 11.4. The SMILES string of the molecule is CC1(O)CCC(C2(O)CCNCC2)CC1. The first-order valence-corrected chi connectivity index (χ1v) is 6.17. The summed E-state index contributed by atoms with van der Waals surface area (Å²) in [7, 11) is 0. The number of rotatable bonds is 1. The topological polar surface area (TPSA) is 52.5 Å². The van der Waals surface area contributed by atoms with Gasteiger partial charge in [-0.15, -0.1) is 0 Å². The summed E-state index contributed by atoms with van der Waals surface area (Å²) >= 11 is 0. The molecule has 0 aromatic carbocycles. The lowest BCUT2D eigenvalue weighted by Gasteiger charge is -2.44. The van der Waals surface area contributed by atoms with Crippen LogP contribution in [0.2, 0.25) is 0 Å². The van der Waals surface area contributed by atoms with Crippen LogP contribution in [-0.4, -0.2) is 34.5 Å². The van der Waals surface area contributed by atoms with Crippen molar-refractivity contribution in [2.75, 3.05) is 13.1 Å². The number of hydrogen-bond donors (Lipinski definition) is 3. The third-order valence-electron chi connectivity index (χ3n) is 4.29. The largest absolute Gasteiger partial charge is 0.390 e. The second kappa shape index (κ2) is 4.04. The predicted molar refractivity (Wildman–Crippen MR) is 59.6 cm³/mol. The molecule has 3 heteroatoms. The van der Waals surface area contributed by atoms with Crippen LogP contribution in [0, 0.1) is 5.92 Å². The van der Waals surface area contributed by atoms with Crippen molar-refractivity contribution < 1.29 is 10.2 Å². The Labute approximate surface area is 91.9 Å². The molecule has 0 unspecified atom stereocenters. The summed E-state index contributed by atoms with van der Waals surface area (Å²) in [5, 5.41) is 23.7. The van der Waals surface area contributed by atoms with Gasteiger partial charge in [-0.25, -0.2) is 0 Å².